The maximum absolute atomic E-state index is 13.5. The third-order valence-electron chi connectivity index (χ3n) is 6.63. The zero-order valence-electron chi connectivity index (χ0n) is 22.8. The van der Waals surface area contributed by atoms with Crippen molar-refractivity contribution in [2.24, 2.45) is 5.41 Å². The highest BCUT2D eigenvalue weighted by Crippen LogP contribution is 2.31. The van der Waals surface area contributed by atoms with Gasteiger partial charge in [-0.1, -0.05) is 32.4 Å². The molecule has 0 N–H and O–H groups in total. The molecule has 0 atom stereocenters. The summed E-state index contributed by atoms with van der Waals surface area (Å²) < 4.78 is 3.27. The summed E-state index contributed by atoms with van der Waals surface area (Å²) in [6.07, 6.45) is 0. The van der Waals surface area contributed by atoms with Crippen LogP contribution in [0, 0.1) is 16.7 Å². The van der Waals surface area contributed by atoms with Crippen LogP contribution in [0.25, 0.3) is 11.4 Å². The zero-order valence-corrected chi connectivity index (χ0v) is 24.3. The van der Waals surface area contributed by atoms with Crippen molar-refractivity contribution in [3.05, 3.63) is 55.5 Å². The predicted molar refractivity (Wildman–Crippen MR) is 152 cm³/mol. The van der Waals surface area contributed by atoms with Crippen LogP contribution in [0.15, 0.2) is 35.1 Å². The number of aromatic nitrogens is 3. The Labute approximate surface area is 236 Å². The molecule has 4 heterocycles. The first-order chi connectivity index (χ1) is 18.4. The average Bonchev–Trinajstić information content (AvgIpc) is 3.50. The molecule has 0 aromatic carbocycles. The Morgan fingerprint density at radius 1 is 1.15 bits per heavy atom. The molecule has 39 heavy (non-hydrogen) atoms. The standard InChI is InChI=1S/C27H32ClN7O3S/c1-27(2,3)26(38)35-22(32(5)16-19-7-8-21(28)39-19)14-20(30-35)25-18(15-29)6-9-23(36)34(25)17-24(37)33-12-10-31(4)11-13-33/h6-9,14H,10-13,16-17H2,1-5H3. The van der Waals surface area contributed by atoms with Gasteiger partial charge in [0.1, 0.15) is 24.1 Å². The first-order valence-corrected chi connectivity index (χ1v) is 13.8. The maximum Gasteiger partial charge on any atom is 0.254 e. The van der Waals surface area contributed by atoms with Crippen LogP contribution in [0.5, 0.6) is 0 Å². The van der Waals surface area contributed by atoms with Gasteiger partial charge in [-0.3, -0.25) is 19.0 Å². The molecule has 0 bridgehead atoms. The monoisotopic (exact) mass is 569 g/mol. The van der Waals surface area contributed by atoms with Crippen molar-refractivity contribution in [3.63, 3.8) is 0 Å². The summed E-state index contributed by atoms with van der Waals surface area (Å²) in [6.45, 7) is 8.25. The lowest BCUT2D eigenvalue weighted by Gasteiger charge is -2.32. The normalized spacial score (nSPS) is 14.3. The molecule has 0 aliphatic carbocycles. The molecule has 1 amide bonds. The average molecular weight is 570 g/mol. The van der Waals surface area contributed by atoms with Gasteiger partial charge >= 0.3 is 0 Å². The summed E-state index contributed by atoms with van der Waals surface area (Å²) in [5.74, 6) is 0.0295. The number of halogens is 1. The molecule has 10 nitrogen and oxygen atoms in total. The molecule has 12 heteroatoms. The predicted octanol–water partition coefficient (Wildman–Crippen LogP) is 3.40. The summed E-state index contributed by atoms with van der Waals surface area (Å²) in [7, 11) is 3.83. The Morgan fingerprint density at radius 2 is 1.85 bits per heavy atom. The number of anilines is 1. The Kier molecular flexibility index (Phi) is 8.30. The zero-order chi connectivity index (χ0) is 28.5. The highest BCUT2D eigenvalue weighted by atomic mass is 35.5. The van der Waals surface area contributed by atoms with E-state index < -0.39 is 11.0 Å². The molecule has 0 unspecified atom stereocenters. The van der Waals surface area contributed by atoms with E-state index in [0.29, 0.717) is 29.8 Å². The number of amides is 1. The fourth-order valence-corrected chi connectivity index (χ4v) is 5.51. The second-order valence-corrected chi connectivity index (χ2v) is 12.5. The van der Waals surface area contributed by atoms with Gasteiger partial charge < -0.3 is 14.7 Å². The van der Waals surface area contributed by atoms with E-state index >= 15 is 0 Å². The fraction of sp³-hybridized carbons (Fsp3) is 0.444. The van der Waals surface area contributed by atoms with Gasteiger partial charge in [-0.15, -0.1) is 11.3 Å². The lowest BCUT2D eigenvalue weighted by atomic mass is 9.96. The summed E-state index contributed by atoms with van der Waals surface area (Å²) >= 11 is 7.56. The second kappa shape index (κ2) is 11.3. The van der Waals surface area contributed by atoms with Crippen molar-refractivity contribution in [2.75, 3.05) is 45.2 Å². The summed E-state index contributed by atoms with van der Waals surface area (Å²) in [6, 6.07) is 10.3. The lowest BCUT2D eigenvalue weighted by Crippen LogP contribution is -2.48. The van der Waals surface area contributed by atoms with Gasteiger partial charge in [-0.25, -0.2) is 0 Å². The van der Waals surface area contributed by atoms with Crippen LogP contribution in [0.4, 0.5) is 5.82 Å². The van der Waals surface area contributed by atoms with Crippen LogP contribution < -0.4 is 10.5 Å². The number of rotatable bonds is 6. The Bertz CT molecular complexity index is 1490. The van der Waals surface area contributed by atoms with Gasteiger partial charge in [-0.05, 0) is 25.2 Å². The van der Waals surface area contributed by atoms with Crippen molar-refractivity contribution in [1.82, 2.24) is 24.1 Å². The number of hydrogen-bond acceptors (Lipinski definition) is 8. The van der Waals surface area contributed by atoms with E-state index in [0.717, 1.165) is 18.0 Å². The van der Waals surface area contributed by atoms with Gasteiger partial charge in [0.25, 0.3) is 11.5 Å². The molecule has 4 rings (SSSR count). The fourth-order valence-electron chi connectivity index (χ4n) is 4.37. The number of thiophene rings is 1. The lowest BCUT2D eigenvalue weighted by molar-refractivity contribution is -0.133. The van der Waals surface area contributed by atoms with Gasteiger partial charge in [-0.2, -0.15) is 15.0 Å². The Morgan fingerprint density at radius 3 is 2.44 bits per heavy atom. The molecule has 1 aliphatic heterocycles. The third-order valence-corrected chi connectivity index (χ3v) is 7.85. The first-order valence-electron chi connectivity index (χ1n) is 12.6. The number of carbonyl (C=O) groups excluding carboxylic acids is 2. The molecular formula is C27H32ClN7O3S. The molecule has 3 aromatic rings. The number of likely N-dealkylation sites (N-methyl/N-ethyl adjacent to an activating group) is 1. The minimum absolute atomic E-state index is 0.188. The van der Waals surface area contributed by atoms with Crippen molar-refractivity contribution in [3.8, 4) is 17.5 Å². The van der Waals surface area contributed by atoms with Crippen molar-refractivity contribution >= 4 is 40.6 Å². The molecular weight excluding hydrogens is 538 g/mol. The van der Waals surface area contributed by atoms with Gasteiger partial charge in [0.15, 0.2) is 0 Å². The topological polar surface area (TPSA) is 107 Å². The van der Waals surface area contributed by atoms with Crippen molar-refractivity contribution in [1.29, 1.82) is 5.26 Å². The maximum atomic E-state index is 13.5. The summed E-state index contributed by atoms with van der Waals surface area (Å²) in [4.78, 5) is 46.5. The highest BCUT2D eigenvalue weighted by Gasteiger charge is 2.30. The van der Waals surface area contributed by atoms with Gasteiger partial charge in [0.2, 0.25) is 5.91 Å². The van der Waals surface area contributed by atoms with Crippen LogP contribution in [0.2, 0.25) is 4.34 Å². The minimum atomic E-state index is -0.753. The molecule has 0 radical (unpaired) electrons. The highest BCUT2D eigenvalue weighted by molar-refractivity contribution is 7.16. The van der Waals surface area contributed by atoms with E-state index in [1.165, 1.54) is 32.7 Å². The minimum Gasteiger partial charge on any atom is -0.354 e. The smallest absolute Gasteiger partial charge is 0.254 e. The largest absolute Gasteiger partial charge is 0.354 e. The second-order valence-electron chi connectivity index (χ2n) is 10.7. The third kappa shape index (κ3) is 6.24. The van der Waals surface area contributed by atoms with Gasteiger partial charge in [0.05, 0.1) is 22.1 Å². The SMILES string of the molecule is CN1CCN(C(=O)Cn2c(-c3cc(N(C)Cc4ccc(Cl)s4)n(C(=O)C(C)(C)C)n3)c(C#N)ccc2=O)CC1. The summed E-state index contributed by atoms with van der Waals surface area (Å²) in [5, 5.41) is 14.6. The van der Waals surface area contributed by atoms with E-state index in [4.69, 9.17) is 11.6 Å². The van der Waals surface area contributed by atoms with Crippen LogP contribution in [-0.2, 0) is 17.9 Å². The van der Waals surface area contributed by atoms with E-state index in [2.05, 4.69) is 16.1 Å². The van der Waals surface area contributed by atoms with Crippen LogP contribution >= 0.6 is 22.9 Å². The van der Waals surface area contributed by atoms with Crippen LogP contribution in [-0.4, -0.2) is 76.2 Å². The van der Waals surface area contributed by atoms with Crippen LogP contribution in [0.1, 0.15) is 36.0 Å². The number of pyridine rings is 1. The molecule has 3 aromatic heterocycles. The van der Waals surface area contributed by atoms with E-state index in [-0.39, 0.29) is 35.3 Å². The molecule has 0 saturated carbocycles. The van der Waals surface area contributed by atoms with Gasteiger partial charge in [0, 0.05) is 55.7 Å². The molecule has 0 spiro atoms. The number of hydrogen-bond donors (Lipinski definition) is 0. The van der Waals surface area contributed by atoms with Crippen molar-refractivity contribution in [2.45, 2.75) is 33.9 Å². The summed E-state index contributed by atoms with van der Waals surface area (Å²) in [5.41, 5.74) is -0.517. The van der Waals surface area contributed by atoms with E-state index in [1.54, 1.807) is 31.7 Å². The Hall–Kier alpha value is -3.46. The number of nitrogens with zero attached hydrogens (tertiary/aromatic N) is 7. The van der Waals surface area contributed by atoms with E-state index in [1.807, 2.05) is 31.1 Å². The van der Waals surface area contributed by atoms with Crippen LogP contribution in [0.3, 0.4) is 0 Å². The number of nitriles is 1. The van der Waals surface area contributed by atoms with E-state index in [9.17, 15) is 19.6 Å². The molecule has 1 aliphatic rings. The molecule has 1 saturated heterocycles. The first kappa shape index (κ1) is 28.5. The van der Waals surface area contributed by atoms with Crippen molar-refractivity contribution < 1.29 is 9.59 Å². The Balaban J connectivity index is 1.80. The molecule has 1 fully saturated rings. The number of carbonyl (C=O) groups is 2. The molecule has 206 valence electrons. The quantitative estimate of drug-likeness (QED) is 0.448. The number of piperazine rings is 1.